The average molecular weight is 396 g/mol. The molecule has 1 aromatic carbocycles. The summed E-state index contributed by atoms with van der Waals surface area (Å²) < 4.78 is 18.9. The molecule has 1 aliphatic heterocycles. The zero-order valence-electron chi connectivity index (χ0n) is 16.6. The molecule has 29 heavy (non-hydrogen) atoms. The van der Waals surface area contributed by atoms with Gasteiger partial charge in [-0.15, -0.1) is 0 Å². The van der Waals surface area contributed by atoms with Crippen molar-refractivity contribution < 1.29 is 18.7 Å². The number of hydrogen-bond acceptors (Lipinski definition) is 6. The summed E-state index contributed by atoms with van der Waals surface area (Å²) in [6, 6.07) is 11.3. The number of amides is 1. The number of ether oxygens (including phenoxy) is 2. The van der Waals surface area contributed by atoms with Crippen molar-refractivity contribution in [2.24, 2.45) is 0 Å². The van der Waals surface area contributed by atoms with Crippen LogP contribution in [0.15, 0.2) is 47.1 Å². The van der Waals surface area contributed by atoms with Crippen LogP contribution in [0.5, 0.6) is 5.75 Å². The maximum Gasteiger partial charge on any atom is 0.290 e. The van der Waals surface area contributed by atoms with Gasteiger partial charge in [0.25, 0.3) is 5.91 Å². The molecule has 1 amide bonds. The van der Waals surface area contributed by atoms with Crippen LogP contribution in [0.25, 0.3) is 0 Å². The van der Waals surface area contributed by atoms with Gasteiger partial charge in [0, 0.05) is 18.7 Å². The molecular formula is C21H24N4O4. The Morgan fingerprint density at radius 2 is 2.07 bits per heavy atom. The van der Waals surface area contributed by atoms with Gasteiger partial charge in [-0.3, -0.25) is 4.79 Å². The van der Waals surface area contributed by atoms with Crippen LogP contribution in [-0.2, 0) is 17.9 Å². The van der Waals surface area contributed by atoms with Crippen molar-refractivity contribution in [3.8, 4) is 5.75 Å². The van der Waals surface area contributed by atoms with Gasteiger partial charge >= 0.3 is 0 Å². The van der Waals surface area contributed by atoms with E-state index < -0.39 is 0 Å². The molecule has 152 valence electrons. The molecule has 1 aliphatic rings. The predicted molar refractivity (Wildman–Crippen MR) is 105 cm³/mol. The van der Waals surface area contributed by atoms with E-state index in [2.05, 4.69) is 10.1 Å². The lowest BCUT2D eigenvalue weighted by Crippen LogP contribution is -2.47. The SMILES string of the molecule is Cc1nc(C)n(C[C@@H]2CN(C(=O)c3occc3COc3ccccc3)CCO2)n1. The van der Waals surface area contributed by atoms with Gasteiger partial charge in [-0.1, -0.05) is 18.2 Å². The van der Waals surface area contributed by atoms with E-state index in [1.807, 2.05) is 48.9 Å². The molecule has 0 unspecified atom stereocenters. The number of furan rings is 1. The standard InChI is InChI=1S/C21H24N4O4/c1-15-22-16(2)25(23-15)13-19-12-24(9-11-27-19)21(26)20-17(8-10-28-20)14-29-18-6-4-3-5-7-18/h3-8,10,19H,9,11-14H2,1-2H3/t19-/m0/s1. The van der Waals surface area contributed by atoms with E-state index in [9.17, 15) is 4.79 Å². The molecule has 0 bridgehead atoms. The van der Waals surface area contributed by atoms with Gasteiger partial charge in [0.05, 0.1) is 25.5 Å². The number of aryl methyl sites for hydroxylation is 2. The Bertz CT molecular complexity index is 966. The van der Waals surface area contributed by atoms with Crippen LogP contribution >= 0.6 is 0 Å². The van der Waals surface area contributed by atoms with Crippen LogP contribution in [0.4, 0.5) is 0 Å². The lowest BCUT2D eigenvalue weighted by atomic mass is 10.2. The number of morpholine rings is 1. The topological polar surface area (TPSA) is 82.6 Å². The first-order chi connectivity index (χ1) is 14.1. The fourth-order valence-electron chi connectivity index (χ4n) is 3.40. The number of benzene rings is 1. The minimum absolute atomic E-state index is 0.147. The van der Waals surface area contributed by atoms with Crippen molar-refractivity contribution in [3.63, 3.8) is 0 Å². The van der Waals surface area contributed by atoms with Crippen molar-refractivity contribution in [3.05, 3.63) is 65.6 Å². The quantitative estimate of drug-likeness (QED) is 0.637. The van der Waals surface area contributed by atoms with Crippen molar-refractivity contribution >= 4 is 5.91 Å². The summed E-state index contributed by atoms with van der Waals surface area (Å²) in [6.45, 7) is 6.05. The third-order valence-corrected chi connectivity index (χ3v) is 4.84. The van der Waals surface area contributed by atoms with E-state index in [-0.39, 0.29) is 18.6 Å². The van der Waals surface area contributed by atoms with E-state index >= 15 is 0 Å². The lowest BCUT2D eigenvalue weighted by molar-refractivity contribution is -0.0312. The fourth-order valence-corrected chi connectivity index (χ4v) is 3.40. The van der Waals surface area contributed by atoms with Crippen LogP contribution < -0.4 is 4.74 Å². The van der Waals surface area contributed by atoms with Crippen LogP contribution in [0.2, 0.25) is 0 Å². The van der Waals surface area contributed by atoms with Gasteiger partial charge in [0.1, 0.15) is 24.0 Å². The highest BCUT2D eigenvalue weighted by atomic mass is 16.5. The zero-order chi connectivity index (χ0) is 20.2. The molecule has 0 N–H and O–H groups in total. The second-order valence-electron chi connectivity index (χ2n) is 7.01. The molecule has 1 atom stereocenters. The van der Waals surface area contributed by atoms with Gasteiger partial charge in [-0.2, -0.15) is 5.10 Å². The Kier molecular flexibility index (Phi) is 5.62. The highest BCUT2D eigenvalue weighted by molar-refractivity contribution is 5.93. The van der Waals surface area contributed by atoms with Crippen molar-refractivity contribution in [2.45, 2.75) is 33.1 Å². The predicted octanol–water partition coefficient (Wildman–Crippen LogP) is 2.61. The van der Waals surface area contributed by atoms with Crippen LogP contribution in [0.1, 0.15) is 27.8 Å². The second-order valence-corrected chi connectivity index (χ2v) is 7.01. The molecule has 3 heterocycles. The van der Waals surface area contributed by atoms with Crippen molar-refractivity contribution in [1.29, 1.82) is 0 Å². The molecular weight excluding hydrogens is 372 g/mol. The van der Waals surface area contributed by atoms with Crippen LogP contribution in [0.3, 0.4) is 0 Å². The first-order valence-corrected chi connectivity index (χ1v) is 9.63. The largest absolute Gasteiger partial charge is 0.489 e. The second kappa shape index (κ2) is 8.48. The number of para-hydroxylation sites is 1. The highest BCUT2D eigenvalue weighted by Gasteiger charge is 2.29. The molecule has 0 radical (unpaired) electrons. The molecule has 4 rings (SSSR count). The Morgan fingerprint density at radius 3 is 2.83 bits per heavy atom. The molecule has 8 heteroatoms. The Balaban J connectivity index is 1.40. The maximum absolute atomic E-state index is 13.0. The summed E-state index contributed by atoms with van der Waals surface area (Å²) in [5.41, 5.74) is 0.727. The summed E-state index contributed by atoms with van der Waals surface area (Å²) in [5, 5.41) is 4.38. The molecule has 8 nitrogen and oxygen atoms in total. The van der Waals surface area contributed by atoms with Crippen LogP contribution in [0, 0.1) is 13.8 Å². The number of carbonyl (C=O) groups is 1. The summed E-state index contributed by atoms with van der Waals surface area (Å²) in [6.07, 6.45) is 1.38. The number of aromatic nitrogens is 3. The number of rotatable bonds is 6. The molecule has 3 aromatic rings. The Morgan fingerprint density at radius 1 is 1.24 bits per heavy atom. The first-order valence-electron chi connectivity index (χ1n) is 9.63. The average Bonchev–Trinajstić information content (AvgIpc) is 3.32. The molecule has 2 aromatic heterocycles. The van der Waals surface area contributed by atoms with Gasteiger partial charge in [-0.05, 0) is 32.0 Å². The van der Waals surface area contributed by atoms with E-state index in [1.54, 1.807) is 11.0 Å². The highest BCUT2D eigenvalue weighted by Crippen LogP contribution is 2.19. The van der Waals surface area contributed by atoms with E-state index in [4.69, 9.17) is 13.9 Å². The van der Waals surface area contributed by atoms with E-state index in [1.165, 1.54) is 6.26 Å². The fraction of sp³-hybridized carbons (Fsp3) is 0.381. The molecule has 1 saturated heterocycles. The molecule has 0 aliphatic carbocycles. The summed E-state index contributed by atoms with van der Waals surface area (Å²) in [7, 11) is 0. The first kappa shape index (κ1) is 19.2. The maximum atomic E-state index is 13.0. The minimum atomic E-state index is -0.151. The monoisotopic (exact) mass is 396 g/mol. The Labute approximate surface area is 169 Å². The van der Waals surface area contributed by atoms with Gasteiger partial charge < -0.3 is 18.8 Å². The van der Waals surface area contributed by atoms with E-state index in [0.29, 0.717) is 32.0 Å². The lowest BCUT2D eigenvalue weighted by Gasteiger charge is -2.32. The normalized spacial score (nSPS) is 16.8. The third-order valence-electron chi connectivity index (χ3n) is 4.84. The molecule has 0 spiro atoms. The van der Waals surface area contributed by atoms with Gasteiger partial charge in [0.15, 0.2) is 5.76 Å². The third kappa shape index (κ3) is 4.48. The minimum Gasteiger partial charge on any atom is -0.489 e. The van der Waals surface area contributed by atoms with Gasteiger partial charge in [-0.25, -0.2) is 9.67 Å². The summed E-state index contributed by atoms with van der Waals surface area (Å²) in [4.78, 5) is 19.1. The molecule has 1 fully saturated rings. The van der Waals surface area contributed by atoms with Crippen molar-refractivity contribution in [2.75, 3.05) is 19.7 Å². The number of hydrogen-bond donors (Lipinski definition) is 0. The smallest absolute Gasteiger partial charge is 0.290 e. The zero-order valence-corrected chi connectivity index (χ0v) is 16.6. The number of carbonyl (C=O) groups excluding carboxylic acids is 1. The number of nitrogens with zero attached hydrogens (tertiary/aromatic N) is 4. The summed E-state index contributed by atoms with van der Waals surface area (Å²) in [5.74, 6) is 2.47. The molecule has 0 saturated carbocycles. The van der Waals surface area contributed by atoms with Crippen molar-refractivity contribution in [1.82, 2.24) is 19.7 Å². The van der Waals surface area contributed by atoms with Gasteiger partial charge in [0.2, 0.25) is 0 Å². The van der Waals surface area contributed by atoms with Crippen LogP contribution in [-0.4, -0.2) is 51.4 Å². The Hall–Kier alpha value is -3.13. The summed E-state index contributed by atoms with van der Waals surface area (Å²) >= 11 is 0. The van der Waals surface area contributed by atoms with E-state index in [0.717, 1.165) is 23.0 Å².